The number of ether oxygens (including phenoxy) is 3. The van der Waals surface area contributed by atoms with E-state index in [1.165, 1.54) is 6.92 Å². The van der Waals surface area contributed by atoms with Gasteiger partial charge in [0.1, 0.15) is 6.04 Å². The van der Waals surface area contributed by atoms with Crippen molar-refractivity contribution in [2.45, 2.75) is 17.9 Å². The number of aliphatic hydroxyl groups is 1. The van der Waals surface area contributed by atoms with E-state index >= 15 is 0 Å². The summed E-state index contributed by atoms with van der Waals surface area (Å²) in [5.74, 6) is -2.73. The summed E-state index contributed by atoms with van der Waals surface area (Å²) in [5, 5.41) is 9.22. The van der Waals surface area contributed by atoms with Crippen LogP contribution < -0.4 is 4.72 Å². The van der Waals surface area contributed by atoms with Crippen LogP contribution in [0.4, 0.5) is 0 Å². The molecule has 11 heteroatoms. The molecule has 0 aliphatic heterocycles. The monoisotopic (exact) mass is 389 g/mol. The molecule has 1 aromatic rings. The maximum atomic E-state index is 12.5. The molecule has 2 N–H and O–H groups in total. The number of benzene rings is 1. The highest BCUT2D eigenvalue weighted by Gasteiger charge is 2.28. The van der Waals surface area contributed by atoms with Crippen LogP contribution in [0.2, 0.25) is 0 Å². The second-order valence-electron chi connectivity index (χ2n) is 4.84. The molecule has 0 saturated carbocycles. The van der Waals surface area contributed by atoms with Crippen molar-refractivity contribution in [3.63, 3.8) is 0 Å². The molecular formula is C15H19NO9S. The van der Waals surface area contributed by atoms with Crippen LogP contribution in [0.3, 0.4) is 0 Å². The van der Waals surface area contributed by atoms with Gasteiger partial charge in [-0.1, -0.05) is 0 Å². The fraction of sp³-hybridized carbons (Fsp3) is 0.400. The van der Waals surface area contributed by atoms with Gasteiger partial charge in [0.15, 0.2) is 0 Å². The standard InChI is InChI=1S/C15H19NO9S/c1-4-25-15(20)12(8-17)16-26(21,22)11-6-9(13(18)23-2)5-10(7-11)14(19)24-3/h5-7,12,16-17H,4,8H2,1-3H3. The van der Waals surface area contributed by atoms with Gasteiger partial charge in [-0.05, 0) is 25.1 Å². The van der Waals surface area contributed by atoms with Crippen molar-refractivity contribution in [1.29, 1.82) is 0 Å². The Morgan fingerprint density at radius 1 is 1.08 bits per heavy atom. The summed E-state index contributed by atoms with van der Waals surface area (Å²) in [5.41, 5.74) is -0.431. The molecule has 0 spiro atoms. The van der Waals surface area contributed by atoms with Crippen molar-refractivity contribution in [1.82, 2.24) is 4.72 Å². The first-order valence-corrected chi connectivity index (χ1v) is 8.80. The smallest absolute Gasteiger partial charge is 0.337 e. The van der Waals surface area contributed by atoms with Crippen LogP contribution in [0, 0.1) is 0 Å². The SMILES string of the molecule is CCOC(=O)C(CO)NS(=O)(=O)c1cc(C(=O)OC)cc(C(=O)OC)c1. The van der Waals surface area contributed by atoms with Gasteiger partial charge in [0.25, 0.3) is 0 Å². The highest BCUT2D eigenvalue weighted by Crippen LogP contribution is 2.18. The molecule has 26 heavy (non-hydrogen) atoms. The van der Waals surface area contributed by atoms with E-state index in [-0.39, 0.29) is 17.7 Å². The van der Waals surface area contributed by atoms with Crippen LogP contribution in [0.25, 0.3) is 0 Å². The molecule has 10 nitrogen and oxygen atoms in total. The number of hydrogen-bond donors (Lipinski definition) is 2. The Balaban J connectivity index is 3.35. The molecule has 0 aliphatic carbocycles. The molecule has 0 radical (unpaired) electrons. The van der Waals surface area contributed by atoms with Crippen LogP contribution in [0.5, 0.6) is 0 Å². The van der Waals surface area contributed by atoms with E-state index in [1.807, 2.05) is 4.72 Å². The molecule has 1 unspecified atom stereocenters. The molecule has 144 valence electrons. The molecule has 0 aromatic heterocycles. The van der Waals surface area contributed by atoms with Crippen LogP contribution >= 0.6 is 0 Å². The van der Waals surface area contributed by atoms with Crippen molar-refractivity contribution in [3.8, 4) is 0 Å². The minimum atomic E-state index is -4.39. The van der Waals surface area contributed by atoms with Crippen molar-refractivity contribution in [3.05, 3.63) is 29.3 Å². The van der Waals surface area contributed by atoms with E-state index in [2.05, 4.69) is 14.2 Å². The predicted octanol–water partition coefficient (Wildman–Crippen LogP) is -0.538. The maximum Gasteiger partial charge on any atom is 0.337 e. The van der Waals surface area contributed by atoms with E-state index in [1.54, 1.807) is 0 Å². The predicted molar refractivity (Wildman–Crippen MR) is 86.9 cm³/mol. The first-order chi connectivity index (χ1) is 12.2. The Labute approximate surface area is 150 Å². The van der Waals surface area contributed by atoms with Gasteiger partial charge in [-0.25, -0.2) is 18.0 Å². The van der Waals surface area contributed by atoms with Crippen molar-refractivity contribution >= 4 is 27.9 Å². The molecule has 1 atom stereocenters. The van der Waals surface area contributed by atoms with E-state index in [0.717, 1.165) is 32.4 Å². The molecule has 1 aromatic carbocycles. The zero-order valence-corrected chi connectivity index (χ0v) is 15.2. The summed E-state index contributed by atoms with van der Waals surface area (Å²) in [6.45, 7) is 0.656. The number of methoxy groups -OCH3 is 2. The minimum Gasteiger partial charge on any atom is -0.465 e. The van der Waals surface area contributed by atoms with E-state index < -0.39 is 45.5 Å². The lowest BCUT2D eigenvalue weighted by Crippen LogP contribution is -2.44. The van der Waals surface area contributed by atoms with Gasteiger partial charge < -0.3 is 19.3 Å². The number of carbonyl (C=O) groups excluding carboxylic acids is 3. The first-order valence-electron chi connectivity index (χ1n) is 7.31. The van der Waals surface area contributed by atoms with Gasteiger partial charge in [0.05, 0.1) is 43.5 Å². The van der Waals surface area contributed by atoms with Gasteiger partial charge in [-0.2, -0.15) is 4.72 Å². The average molecular weight is 389 g/mol. The summed E-state index contributed by atoms with van der Waals surface area (Å²) in [4.78, 5) is 34.6. The van der Waals surface area contributed by atoms with Gasteiger partial charge >= 0.3 is 17.9 Å². The number of rotatable bonds is 8. The van der Waals surface area contributed by atoms with Crippen LogP contribution in [-0.4, -0.2) is 64.9 Å². The van der Waals surface area contributed by atoms with E-state index in [9.17, 15) is 27.9 Å². The molecule has 0 saturated heterocycles. The highest BCUT2D eigenvalue weighted by molar-refractivity contribution is 7.89. The Bertz CT molecular complexity index is 754. The second-order valence-corrected chi connectivity index (χ2v) is 6.55. The summed E-state index contributed by atoms with van der Waals surface area (Å²) in [6, 6.07) is 1.47. The fourth-order valence-electron chi connectivity index (χ4n) is 1.88. The van der Waals surface area contributed by atoms with E-state index in [0.29, 0.717) is 0 Å². The quantitative estimate of drug-likeness (QED) is 0.442. The maximum absolute atomic E-state index is 12.5. The number of carbonyl (C=O) groups is 3. The van der Waals surface area contributed by atoms with Crippen LogP contribution in [0.15, 0.2) is 23.1 Å². The van der Waals surface area contributed by atoms with Gasteiger partial charge in [-0.15, -0.1) is 0 Å². The van der Waals surface area contributed by atoms with Gasteiger partial charge in [-0.3, -0.25) is 4.79 Å². The largest absolute Gasteiger partial charge is 0.465 e. The van der Waals surface area contributed by atoms with Crippen LogP contribution in [-0.2, 0) is 29.0 Å². The third-order valence-corrected chi connectivity index (χ3v) is 4.56. The van der Waals surface area contributed by atoms with Crippen LogP contribution in [0.1, 0.15) is 27.6 Å². The highest BCUT2D eigenvalue weighted by atomic mass is 32.2. The Morgan fingerprint density at radius 3 is 1.96 bits per heavy atom. The molecule has 0 amide bonds. The molecule has 0 aliphatic rings. The lowest BCUT2D eigenvalue weighted by molar-refractivity contribution is -0.146. The summed E-state index contributed by atoms with van der Waals surface area (Å²) in [7, 11) is -2.22. The minimum absolute atomic E-state index is 0.0125. The topological polar surface area (TPSA) is 145 Å². The Morgan fingerprint density at radius 2 is 1.58 bits per heavy atom. The lowest BCUT2D eigenvalue weighted by atomic mass is 10.1. The Kier molecular flexibility index (Phi) is 7.68. The Hall–Kier alpha value is -2.50. The van der Waals surface area contributed by atoms with Crippen molar-refractivity contribution in [2.75, 3.05) is 27.4 Å². The third kappa shape index (κ3) is 5.25. The lowest BCUT2D eigenvalue weighted by Gasteiger charge is -2.16. The summed E-state index contributed by atoms with van der Waals surface area (Å²) >= 11 is 0. The number of hydrogen-bond acceptors (Lipinski definition) is 9. The number of aliphatic hydroxyl groups excluding tert-OH is 1. The number of nitrogens with one attached hydrogen (secondary N) is 1. The number of esters is 3. The molecule has 1 rings (SSSR count). The summed E-state index contributed by atoms with van der Waals surface area (Å²) < 4.78 is 40.7. The van der Waals surface area contributed by atoms with Crippen molar-refractivity contribution in [2.24, 2.45) is 0 Å². The summed E-state index contributed by atoms with van der Waals surface area (Å²) in [6.07, 6.45) is 0. The molecule has 0 fully saturated rings. The molecule has 0 bridgehead atoms. The molecular weight excluding hydrogens is 370 g/mol. The number of sulfonamides is 1. The average Bonchev–Trinajstić information content (AvgIpc) is 2.64. The zero-order chi connectivity index (χ0) is 19.9. The zero-order valence-electron chi connectivity index (χ0n) is 14.3. The van der Waals surface area contributed by atoms with Crippen molar-refractivity contribution < 1.29 is 42.1 Å². The normalized spacial score (nSPS) is 12.2. The molecule has 0 heterocycles. The van der Waals surface area contributed by atoms with Gasteiger partial charge in [0.2, 0.25) is 10.0 Å². The first kappa shape index (κ1) is 21.5. The van der Waals surface area contributed by atoms with E-state index in [4.69, 9.17) is 0 Å². The third-order valence-electron chi connectivity index (χ3n) is 3.11. The fourth-order valence-corrected chi connectivity index (χ4v) is 3.13. The second kappa shape index (κ2) is 9.27. The van der Waals surface area contributed by atoms with Gasteiger partial charge in [0, 0.05) is 0 Å².